The average Bonchev–Trinajstić information content (AvgIpc) is 2.39. The van der Waals surface area contributed by atoms with Crippen molar-refractivity contribution in [2.75, 3.05) is 0 Å². The molecule has 0 aliphatic rings. The van der Waals surface area contributed by atoms with Crippen LogP contribution in [-0.2, 0) is 6.42 Å². The predicted molar refractivity (Wildman–Crippen MR) is 74.8 cm³/mol. The summed E-state index contributed by atoms with van der Waals surface area (Å²) in [6.07, 6.45) is 0.0654. The maximum absolute atomic E-state index is 13.6. The van der Waals surface area contributed by atoms with Crippen molar-refractivity contribution in [3.63, 3.8) is 0 Å². The van der Waals surface area contributed by atoms with E-state index in [2.05, 4.69) is 0 Å². The summed E-state index contributed by atoms with van der Waals surface area (Å²) in [6, 6.07) is 6.60. The zero-order valence-electron chi connectivity index (χ0n) is 10.6. The molecule has 0 N–H and O–H groups in total. The molecule has 0 heterocycles. The van der Waals surface area contributed by atoms with Crippen molar-refractivity contribution in [1.29, 1.82) is 0 Å². The Morgan fingerprint density at radius 2 is 1.80 bits per heavy atom. The highest BCUT2D eigenvalue weighted by Gasteiger charge is 2.18. The molecule has 0 saturated heterocycles. The average molecular weight is 319 g/mol. The molecule has 0 radical (unpaired) electrons. The van der Waals surface area contributed by atoms with Crippen molar-refractivity contribution in [3.05, 3.63) is 69.5 Å². The van der Waals surface area contributed by atoms with Crippen LogP contribution in [0.15, 0.2) is 30.3 Å². The summed E-state index contributed by atoms with van der Waals surface area (Å²) in [5.74, 6) is -2.28. The van der Waals surface area contributed by atoms with Crippen LogP contribution in [0.3, 0.4) is 0 Å². The van der Waals surface area contributed by atoms with Crippen LogP contribution in [0.2, 0.25) is 5.02 Å². The Kier molecular flexibility index (Phi) is 4.61. The van der Waals surface area contributed by atoms with Crippen LogP contribution in [0, 0.1) is 24.4 Å². The molecule has 20 heavy (non-hydrogen) atoms. The molecule has 106 valence electrons. The number of rotatable bonds is 3. The van der Waals surface area contributed by atoms with E-state index in [-0.39, 0.29) is 17.0 Å². The highest BCUT2D eigenvalue weighted by atomic mass is 35.5. The van der Waals surface area contributed by atoms with Crippen LogP contribution < -0.4 is 0 Å². The lowest BCUT2D eigenvalue weighted by Crippen LogP contribution is -2.02. The molecule has 1 atom stereocenters. The first kappa shape index (κ1) is 15.2. The fourth-order valence-corrected chi connectivity index (χ4v) is 2.61. The third-order valence-electron chi connectivity index (χ3n) is 3.05. The Labute approximate surface area is 125 Å². The number of halogens is 5. The van der Waals surface area contributed by atoms with Crippen molar-refractivity contribution in [1.82, 2.24) is 0 Å². The van der Waals surface area contributed by atoms with Crippen LogP contribution in [0.5, 0.6) is 0 Å². The van der Waals surface area contributed by atoms with Gasteiger partial charge in [0.1, 0.15) is 5.82 Å². The number of hydrogen-bond acceptors (Lipinski definition) is 0. The molecule has 1 unspecified atom stereocenters. The maximum Gasteiger partial charge on any atom is 0.162 e. The summed E-state index contributed by atoms with van der Waals surface area (Å²) in [7, 11) is 0. The van der Waals surface area contributed by atoms with Gasteiger partial charge in [0.25, 0.3) is 0 Å². The Morgan fingerprint density at radius 3 is 2.50 bits per heavy atom. The Balaban J connectivity index is 2.31. The normalized spacial score (nSPS) is 12.5. The summed E-state index contributed by atoms with van der Waals surface area (Å²) in [5.41, 5.74) is 1.05. The summed E-state index contributed by atoms with van der Waals surface area (Å²) < 4.78 is 40.1. The molecule has 0 aliphatic carbocycles. The van der Waals surface area contributed by atoms with E-state index in [1.165, 1.54) is 24.3 Å². The molecule has 0 saturated carbocycles. The van der Waals surface area contributed by atoms with Crippen LogP contribution >= 0.6 is 23.2 Å². The molecule has 0 aromatic heterocycles. The third kappa shape index (κ3) is 3.10. The largest absolute Gasteiger partial charge is 0.207 e. The number of alkyl halides is 1. The molecular weight excluding hydrogens is 308 g/mol. The first-order valence-electron chi connectivity index (χ1n) is 5.92. The highest BCUT2D eigenvalue weighted by Crippen LogP contribution is 2.33. The monoisotopic (exact) mass is 318 g/mol. The van der Waals surface area contributed by atoms with E-state index < -0.39 is 22.8 Å². The van der Waals surface area contributed by atoms with Crippen LogP contribution in [0.1, 0.15) is 22.1 Å². The van der Waals surface area contributed by atoms with E-state index >= 15 is 0 Å². The van der Waals surface area contributed by atoms with Gasteiger partial charge in [0.05, 0.1) is 5.38 Å². The van der Waals surface area contributed by atoms with Gasteiger partial charge in [-0.3, -0.25) is 0 Å². The lowest BCUT2D eigenvalue weighted by Gasteiger charge is -2.14. The Bertz CT molecular complexity index is 641. The van der Waals surface area contributed by atoms with Crippen molar-refractivity contribution in [3.8, 4) is 0 Å². The van der Waals surface area contributed by atoms with E-state index in [0.717, 1.165) is 6.07 Å². The fraction of sp³-hybridized carbons (Fsp3) is 0.200. The third-order valence-corrected chi connectivity index (χ3v) is 3.76. The van der Waals surface area contributed by atoms with Crippen molar-refractivity contribution >= 4 is 23.2 Å². The SMILES string of the molecule is Cc1cc(C(Cl)Cc2cccc(F)c2F)c(Cl)cc1F. The van der Waals surface area contributed by atoms with E-state index in [1.807, 2.05) is 0 Å². The topological polar surface area (TPSA) is 0 Å². The zero-order valence-corrected chi connectivity index (χ0v) is 12.1. The van der Waals surface area contributed by atoms with Crippen LogP contribution in [0.4, 0.5) is 13.2 Å². The summed E-state index contributed by atoms with van der Waals surface area (Å²) in [5, 5.41) is -0.497. The van der Waals surface area contributed by atoms with E-state index in [9.17, 15) is 13.2 Å². The number of hydrogen-bond donors (Lipinski definition) is 0. The highest BCUT2D eigenvalue weighted by molar-refractivity contribution is 6.32. The van der Waals surface area contributed by atoms with E-state index in [4.69, 9.17) is 23.2 Å². The zero-order chi connectivity index (χ0) is 14.9. The van der Waals surface area contributed by atoms with Crippen molar-refractivity contribution in [2.45, 2.75) is 18.7 Å². The molecule has 5 heteroatoms. The standard InChI is InChI=1S/C15H11Cl2F3/c1-8-5-10(12(17)7-14(8)19)11(16)6-9-3-2-4-13(18)15(9)20/h2-5,7,11H,6H2,1H3. The minimum absolute atomic E-state index is 0.0654. The molecule has 0 spiro atoms. The quantitative estimate of drug-likeness (QED) is 0.647. The number of benzene rings is 2. The molecule has 2 aromatic carbocycles. The lowest BCUT2D eigenvalue weighted by atomic mass is 10.0. The molecule has 0 nitrogen and oxygen atoms in total. The maximum atomic E-state index is 13.6. The van der Waals surface area contributed by atoms with Gasteiger partial charge in [-0.1, -0.05) is 29.8 Å². The predicted octanol–water partition coefficient (Wildman–Crippen LogP) is 5.59. The molecule has 0 amide bonds. The first-order chi connectivity index (χ1) is 9.40. The molecule has 0 fully saturated rings. The molecule has 2 rings (SSSR count). The summed E-state index contributed by atoms with van der Waals surface area (Å²) in [6.45, 7) is 1.58. The van der Waals surface area contributed by atoms with Gasteiger partial charge in [0, 0.05) is 5.02 Å². The molecular formula is C15H11Cl2F3. The lowest BCUT2D eigenvalue weighted by molar-refractivity contribution is 0.498. The van der Waals surface area contributed by atoms with Gasteiger partial charge in [-0.2, -0.15) is 0 Å². The van der Waals surface area contributed by atoms with Gasteiger partial charge in [-0.05, 0) is 42.2 Å². The second kappa shape index (κ2) is 6.06. The second-order valence-electron chi connectivity index (χ2n) is 4.51. The van der Waals surface area contributed by atoms with Crippen LogP contribution in [-0.4, -0.2) is 0 Å². The van der Waals surface area contributed by atoms with Gasteiger partial charge in [0.2, 0.25) is 0 Å². The number of aryl methyl sites for hydroxylation is 1. The molecule has 2 aromatic rings. The molecule has 0 aliphatic heterocycles. The van der Waals surface area contributed by atoms with Crippen molar-refractivity contribution < 1.29 is 13.2 Å². The summed E-state index contributed by atoms with van der Waals surface area (Å²) in [4.78, 5) is 0. The first-order valence-corrected chi connectivity index (χ1v) is 6.74. The van der Waals surface area contributed by atoms with Gasteiger partial charge in [-0.15, -0.1) is 11.6 Å². The van der Waals surface area contributed by atoms with E-state index in [0.29, 0.717) is 11.1 Å². The minimum Gasteiger partial charge on any atom is -0.207 e. The van der Waals surface area contributed by atoms with E-state index in [1.54, 1.807) is 6.92 Å². The van der Waals surface area contributed by atoms with Crippen molar-refractivity contribution in [2.24, 2.45) is 0 Å². The molecule has 0 bridgehead atoms. The summed E-state index contributed by atoms with van der Waals surface area (Å²) >= 11 is 12.1. The van der Waals surface area contributed by atoms with Gasteiger partial charge < -0.3 is 0 Å². The van der Waals surface area contributed by atoms with Gasteiger partial charge in [-0.25, -0.2) is 13.2 Å². The Morgan fingerprint density at radius 1 is 1.10 bits per heavy atom. The van der Waals surface area contributed by atoms with Crippen LogP contribution in [0.25, 0.3) is 0 Å². The fourth-order valence-electron chi connectivity index (χ4n) is 1.93. The van der Waals surface area contributed by atoms with Gasteiger partial charge in [0.15, 0.2) is 11.6 Å². The second-order valence-corrected chi connectivity index (χ2v) is 5.44. The smallest absolute Gasteiger partial charge is 0.162 e. The van der Waals surface area contributed by atoms with Gasteiger partial charge >= 0.3 is 0 Å². The Hall–Kier alpha value is -1.19. The minimum atomic E-state index is -0.923.